The van der Waals surface area contributed by atoms with E-state index in [0.29, 0.717) is 17.0 Å². The van der Waals surface area contributed by atoms with Gasteiger partial charge in [0, 0.05) is 0 Å². The summed E-state index contributed by atoms with van der Waals surface area (Å²) in [4.78, 5) is 0. The Morgan fingerprint density at radius 3 is 2.86 bits per heavy atom. The van der Waals surface area contributed by atoms with Crippen molar-refractivity contribution < 1.29 is 4.42 Å². The average molecular weight is 257 g/mol. The van der Waals surface area contributed by atoms with Gasteiger partial charge >= 0.3 is 0 Å². The van der Waals surface area contributed by atoms with E-state index in [-0.39, 0.29) is 0 Å². The summed E-state index contributed by atoms with van der Waals surface area (Å²) in [7, 11) is 0. The highest BCUT2D eigenvalue weighted by Gasteiger charge is 2.07. The summed E-state index contributed by atoms with van der Waals surface area (Å²) in [6, 6.07) is 3.71. The van der Waals surface area contributed by atoms with E-state index < -0.39 is 0 Å². The van der Waals surface area contributed by atoms with Crippen molar-refractivity contribution in [1.82, 2.24) is 15.0 Å². The van der Waals surface area contributed by atoms with Gasteiger partial charge in [0.15, 0.2) is 10.5 Å². The van der Waals surface area contributed by atoms with E-state index >= 15 is 0 Å². The number of hydrogen-bond acceptors (Lipinski definition) is 4. The molecule has 0 aliphatic heterocycles. The topological polar surface area (TPSA) is 69.9 Å². The molecule has 2 rings (SSSR count). The summed E-state index contributed by atoms with van der Waals surface area (Å²) in [5.74, 6) is 1.26. The van der Waals surface area contributed by atoms with Crippen LogP contribution in [0.5, 0.6) is 0 Å². The Balaban J connectivity index is 2.22. The second-order valence-corrected chi connectivity index (χ2v) is 3.71. The zero-order chi connectivity index (χ0) is 10.1. The third-order valence-corrected chi connectivity index (χ3v) is 2.38. The van der Waals surface area contributed by atoms with E-state index in [0.717, 1.165) is 11.5 Å². The summed E-state index contributed by atoms with van der Waals surface area (Å²) in [5, 5.41) is 7.64. The molecule has 74 valence electrons. The lowest BCUT2D eigenvalue weighted by atomic mass is 10.4. The number of aromatic nitrogens is 3. The first kappa shape index (κ1) is 9.26. The van der Waals surface area contributed by atoms with Gasteiger partial charge in [-0.3, -0.25) is 0 Å². The van der Waals surface area contributed by atoms with Crippen molar-refractivity contribution in [2.75, 3.05) is 5.73 Å². The normalized spacial score (nSPS) is 10.7. The first-order chi connectivity index (χ1) is 6.66. The maximum Gasteiger partial charge on any atom is 0.169 e. The molecular formula is C8H9BrN4O. The SMILES string of the molecule is Cc1c(N)nnn1Cc1ccc(Br)o1. The van der Waals surface area contributed by atoms with Crippen molar-refractivity contribution in [3.05, 3.63) is 28.3 Å². The van der Waals surface area contributed by atoms with Crippen LogP contribution in [0.2, 0.25) is 0 Å². The van der Waals surface area contributed by atoms with Gasteiger partial charge < -0.3 is 10.2 Å². The molecule has 0 unspecified atom stereocenters. The third kappa shape index (κ3) is 1.65. The zero-order valence-corrected chi connectivity index (χ0v) is 9.15. The van der Waals surface area contributed by atoms with Crippen LogP contribution in [-0.2, 0) is 6.54 Å². The third-order valence-electron chi connectivity index (χ3n) is 1.95. The molecule has 14 heavy (non-hydrogen) atoms. The molecule has 2 aromatic heterocycles. The minimum Gasteiger partial charge on any atom is -0.452 e. The lowest BCUT2D eigenvalue weighted by molar-refractivity contribution is 0.456. The summed E-state index contributed by atoms with van der Waals surface area (Å²) in [6.45, 7) is 2.41. The van der Waals surface area contributed by atoms with Crippen molar-refractivity contribution in [1.29, 1.82) is 0 Å². The fourth-order valence-corrected chi connectivity index (χ4v) is 1.45. The molecule has 0 atom stereocenters. The predicted molar refractivity (Wildman–Crippen MR) is 54.7 cm³/mol. The molecule has 0 aromatic carbocycles. The van der Waals surface area contributed by atoms with E-state index in [1.165, 1.54) is 0 Å². The first-order valence-corrected chi connectivity index (χ1v) is 4.86. The number of nitrogen functional groups attached to an aromatic ring is 1. The Morgan fingerprint density at radius 2 is 2.36 bits per heavy atom. The quantitative estimate of drug-likeness (QED) is 0.886. The first-order valence-electron chi connectivity index (χ1n) is 4.06. The van der Waals surface area contributed by atoms with Gasteiger partial charge in [-0.25, -0.2) is 4.68 Å². The van der Waals surface area contributed by atoms with Crippen molar-refractivity contribution >= 4 is 21.7 Å². The average Bonchev–Trinajstić information content (AvgIpc) is 2.67. The maximum atomic E-state index is 5.57. The van der Waals surface area contributed by atoms with Gasteiger partial charge in [-0.15, -0.1) is 5.10 Å². The van der Waals surface area contributed by atoms with Crippen LogP contribution >= 0.6 is 15.9 Å². The molecule has 0 fully saturated rings. The van der Waals surface area contributed by atoms with Crippen LogP contribution in [0.25, 0.3) is 0 Å². The molecule has 6 heteroatoms. The van der Waals surface area contributed by atoms with Crippen molar-refractivity contribution in [2.45, 2.75) is 13.5 Å². The van der Waals surface area contributed by atoms with Crippen LogP contribution in [0.1, 0.15) is 11.5 Å². The highest BCUT2D eigenvalue weighted by atomic mass is 79.9. The Morgan fingerprint density at radius 1 is 1.57 bits per heavy atom. The molecule has 2 heterocycles. The molecule has 2 N–H and O–H groups in total. The van der Waals surface area contributed by atoms with E-state index in [1.54, 1.807) is 4.68 Å². The van der Waals surface area contributed by atoms with Gasteiger partial charge in [-0.2, -0.15) is 0 Å². The molecule has 0 saturated carbocycles. The molecule has 0 radical (unpaired) electrons. The highest BCUT2D eigenvalue weighted by molar-refractivity contribution is 9.10. The predicted octanol–water partition coefficient (Wildman–Crippen LogP) is 1.57. The van der Waals surface area contributed by atoms with E-state index in [1.807, 2.05) is 19.1 Å². The summed E-state index contributed by atoms with van der Waals surface area (Å²) >= 11 is 3.23. The largest absolute Gasteiger partial charge is 0.452 e. The van der Waals surface area contributed by atoms with E-state index in [2.05, 4.69) is 26.2 Å². The minimum absolute atomic E-state index is 0.454. The van der Waals surface area contributed by atoms with E-state index in [9.17, 15) is 0 Å². The number of nitrogens with zero attached hydrogens (tertiary/aromatic N) is 3. The Hall–Kier alpha value is -1.30. The highest BCUT2D eigenvalue weighted by Crippen LogP contribution is 2.16. The molecule has 0 aliphatic rings. The van der Waals surface area contributed by atoms with Gasteiger partial charge in [0.1, 0.15) is 12.3 Å². The smallest absolute Gasteiger partial charge is 0.169 e. The molecule has 2 aromatic rings. The molecule has 5 nitrogen and oxygen atoms in total. The number of furan rings is 1. The molecule has 0 amide bonds. The molecule has 0 bridgehead atoms. The Labute approximate surface area is 89.0 Å². The van der Waals surface area contributed by atoms with Gasteiger partial charge in [0.05, 0.1) is 5.69 Å². The fourth-order valence-electron chi connectivity index (χ4n) is 1.11. The van der Waals surface area contributed by atoms with Crippen LogP contribution < -0.4 is 5.73 Å². The summed E-state index contributed by atoms with van der Waals surface area (Å²) in [5.41, 5.74) is 6.41. The van der Waals surface area contributed by atoms with E-state index in [4.69, 9.17) is 10.2 Å². The molecular weight excluding hydrogens is 248 g/mol. The molecule has 0 aliphatic carbocycles. The number of halogens is 1. The number of nitrogens with two attached hydrogens (primary N) is 1. The van der Waals surface area contributed by atoms with Gasteiger partial charge in [-0.1, -0.05) is 5.21 Å². The van der Waals surface area contributed by atoms with Gasteiger partial charge in [0.25, 0.3) is 0 Å². The number of rotatable bonds is 2. The minimum atomic E-state index is 0.454. The van der Waals surface area contributed by atoms with Crippen molar-refractivity contribution in [3.63, 3.8) is 0 Å². The van der Waals surface area contributed by atoms with Crippen molar-refractivity contribution in [2.24, 2.45) is 0 Å². The monoisotopic (exact) mass is 256 g/mol. The number of anilines is 1. The molecule has 0 saturated heterocycles. The second-order valence-electron chi connectivity index (χ2n) is 2.92. The second kappa shape index (κ2) is 3.45. The van der Waals surface area contributed by atoms with Crippen LogP contribution in [-0.4, -0.2) is 15.0 Å². The Bertz CT molecular complexity index is 448. The summed E-state index contributed by atoms with van der Waals surface area (Å²) < 4.78 is 7.74. The van der Waals surface area contributed by atoms with Gasteiger partial charge in [-0.05, 0) is 35.0 Å². The fraction of sp³-hybridized carbons (Fsp3) is 0.250. The maximum absolute atomic E-state index is 5.57. The van der Waals surface area contributed by atoms with Crippen LogP contribution in [0.15, 0.2) is 21.2 Å². The van der Waals surface area contributed by atoms with Crippen molar-refractivity contribution in [3.8, 4) is 0 Å². The standard InChI is InChI=1S/C8H9BrN4O/c1-5-8(10)11-12-13(5)4-6-2-3-7(9)14-6/h2-3H,4,10H2,1H3. The lowest BCUT2D eigenvalue weighted by Gasteiger charge is -1.99. The van der Waals surface area contributed by atoms with Crippen LogP contribution in [0.4, 0.5) is 5.82 Å². The van der Waals surface area contributed by atoms with Crippen LogP contribution in [0.3, 0.4) is 0 Å². The zero-order valence-electron chi connectivity index (χ0n) is 7.57. The van der Waals surface area contributed by atoms with Gasteiger partial charge in [0.2, 0.25) is 0 Å². The lowest BCUT2D eigenvalue weighted by Crippen LogP contribution is -2.03. The van der Waals surface area contributed by atoms with Crippen LogP contribution in [0, 0.1) is 6.92 Å². The number of hydrogen-bond donors (Lipinski definition) is 1. The summed E-state index contributed by atoms with van der Waals surface area (Å²) in [6.07, 6.45) is 0. The Kier molecular flexibility index (Phi) is 2.28. The molecule has 0 spiro atoms.